The maximum absolute atomic E-state index is 4.52. The SMILES string of the molecule is CC1Cc2c(ccc3c2ccc2ccccc23)CC1c1ncccn1. The molecule has 2 unspecified atom stereocenters. The van der Waals surface area contributed by atoms with Crippen LogP contribution < -0.4 is 0 Å². The van der Waals surface area contributed by atoms with E-state index in [2.05, 4.69) is 65.4 Å². The van der Waals surface area contributed by atoms with Gasteiger partial charge in [0.1, 0.15) is 5.82 Å². The van der Waals surface area contributed by atoms with E-state index in [0.717, 1.165) is 18.7 Å². The summed E-state index contributed by atoms with van der Waals surface area (Å²) in [6.07, 6.45) is 5.84. The van der Waals surface area contributed by atoms with Gasteiger partial charge in [-0.1, -0.05) is 55.5 Å². The van der Waals surface area contributed by atoms with Crippen LogP contribution in [0.3, 0.4) is 0 Å². The lowest BCUT2D eigenvalue weighted by atomic mass is 9.74. The highest BCUT2D eigenvalue weighted by Crippen LogP contribution is 2.39. The van der Waals surface area contributed by atoms with Crippen LogP contribution in [0.1, 0.15) is 29.8 Å². The molecule has 0 saturated carbocycles. The van der Waals surface area contributed by atoms with E-state index in [1.807, 2.05) is 18.5 Å². The fraction of sp³-hybridized carbons (Fsp3) is 0.217. The molecule has 1 aromatic heterocycles. The zero-order valence-corrected chi connectivity index (χ0v) is 14.3. The molecule has 0 N–H and O–H groups in total. The summed E-state index contributed by atoms with van der Waals surface area (Å²) in [6.45, 7) is 2.34. The lowest BCUT2D eigenvalue weighted by molar-refractivity contribution is 0.412. The Morgan fingerprint density at radius 3 is 2.44 bits per heavy atom. The summed E-state index contributed by atoms with van der Waals surface area (Å²) in [5.41, 5.74) is 2.97. The monoisotopic (exact) mass is 324 g/mol. The first kappa shape index (κ1) is 14.6. The van der Waals surface area contributed by atoms with E-state index in [1.54, 1.807) is 0 Å². The zero-order valence-electron chi connectivity index (χ0n) is 14.3. The third kappa shape index (κ3) is 2.32. The molecule has 0 amide bonds. The van der Waals surface area contributed by atoms with Crippen molar-refractivity contribution in [2.45, 2.75) is 25.7 Å². The molecule has 5 rings (SSSR count). The van der Waals surface area contributed by atoms with Gasteiger partial charge in [-0.25, -0.2) is 9.97 Å². The summed E-state index contributed by atoms with van der Waals surface area (Å²) in [4.78, 5) is 9.04. The van der Waals surface area contributed by atoms with Crippen LogP contribution in [0.15, 0.2) is 67.0 Å². The summed E-state index contributed by atoms with van der Waals surface area (Å²) >= 11 is 0. The third-order valence-corrected chi connectivity index (χ3v) is 5.70. The van der Waals surface area contributed by atoms with E-state index >= 15 is 0 Å². The van der Waals surface area contributed by atoms with Crippen molar-refractivity contribution in [3.63, 3.8) is 0 Å². The van der Waals surface area contributed by atoms with Crippen LogP contribution in [0, 0.1) is 5.92 Å². The topological polar surface area (TPSA) is 25.8 Å². The van der Waals surface area contributed by atoms with Crippen molar-refractivity contribution in [3.8, 4) is 0 Å². The number of aromatic nitrogens is 2. The Balaban J connectivity index is 1.67. The van der Waals surface area contributed by atoms with E-state index < -0.39 is 0 Å². The molecule has 2 atom stereocenters. The predicted octanol–water partition coefficient (Wildman–Crippen LogP) is 5.30. The van der Waals surface area contributed by atoms with Gasteiger partial charge in [-0.3, -0.25) is 0 Å². The molecule has 25 heavy (non-hydrogen) atoms. The quantitative estimate of drug-likeness (QED) is 0.444. The molecule has 3 aromatic carbocycles. The fourth-order valence-electron chi connectivity index (χ4n) is 4.38. The predicted molar refractivity (Wildman–Crippen MR) is 103 cm³/mol. The molecule has 0 aliphatic heterocycles. The van der Waals surface area contributed by atoms with Crippen molar-refractivity contribution >= 4 is 21.5 Å². The Bertz CT molecular complexity index is 1070. The summed E-state index contributed by atoms with van der Waals surface area (Å²) in [5.74, 6) is 1.94. The molecule has 0 saturated heterocycles. The molecule has 1 aliphatic rings. The Morgan fingerprint density at radius 1 is 0.760 bits per heavy atom. The van der Waals surface area contributed by atoms with E-state index in [4.69, 9.17) is 0 Å². The second-order valence-electron chi connectivity index (χ2n) is 7.18. The largest absolute Gasteiger partial charge is 0.241 e. The van der Waals surface area contributed by atoms with Gasteiger partial charge < -0.3 is 0 Å². The van der Waals surface area contributed by atoms with Crippen LogP contribution in [0.25, 0.3) is 21.5 Å². The first-order valence-corrected chi connectivity index (χ1v) is 9.00. The van der Waals surface area contributed by atoms with Crippen molar-refractivity contribution < 1.29 is 0 Å². The second-order valence-corrected chi connectivity index (χ2v) is 7.18. The highest BCUT2D eigenvalue weighted by Gasteiger charge is 2.29. The van der Waals surface area contributed by atoms with Gasteiger partial charge in [0.15, 0.2) is 0 Å². The molecule has 0 bridgehead atoms. The van der Waals surface area contributed by atoms with Gasteiger partial charge in [0.05, 0.1) is 0 Å². The van der Waals surface area contributed by atoms with Gasteiger partial charge in [0, 0.05) is 18.3 Å². The summed E-state index contributed by atoms with van der Waals surface area (Å²) < 4.78 is 0. The van der Waals surface area contributed by atoms with E-state index in [0.29, 0.717) is 11.8 Å². The normalized spacial score (nSPS) is 19.9. The van der Waals surface area contributed by atoms with Crippen molar-refractivity contribution in [1.29, 1.82) is 0 Å². The van der Waals surface area contributed by atoms with Crippen molar-refractivity contribution in [3.05, 3.63) is 83.9 Å². The highest BCUT2D eigenvalue weighted by atomic mass is 14.9. The average Bonchev–Trinajstić information content (AvgIpc) is 2.67. The van der Waals surface area contributed by atoms with Crippen molar-refractivity contribution in [2.24, 2.45) is 5.92 Å². The molecule has 4 aromatic rings. The smallest absolute Gasteiger partial charge is 0.131 e. The summed E-state index contributed by atoms with van der Waals surface area (Å²) in [7, 11) is 0. The maximum Gasteiger partial charge on any atom is 0.131 e. The molecular formula is C23H20N2. The van der Waals surface area contributed by atoms with Gasteiger partial charge in [-0.2, -0.15) is 0 Å². The third-order valence-electron chi connectivity index (χ3n) is 5.70. The van der Waals surface area contributed by atoms with Gasteiger partial charge in [-0.05, 0) is 57.5 Å². The number of benzene rings is 3. The van der Waals surface area contributed by atoms with Crippen LogP contribution >= 0.6 is 0 Å². The van der Waals surface area contributed by atoms with E-state index in [9.17, 15) is 0 Å². The number of nitrogens with zero attached hydrogens (tertiary/aromatic N) is 2. The molecule has 1 aliphatic carbocycles. The van der Waals surface area contributed by atoms with Crippen LogP contribution in [0.2, 0.25) is 0 Å². The lowest BCUT2D eigenvalue weighted by Crippen LogP contribution is -2.23. The summed E-state index contributed by atoms with van der Waals surface area (Å²) in [6, 6.07) is 19.8. The van der Waals surface area contributed by atoms with Gasteiger partial charge in [0.25, 0.3) is 0 Å². The van der Waals surface area contributed by atoms with E-state index in [1.165, 1.54) is 32.7 Å². The van der Waals surface area contributed by atoms with Gasteiger partial charge in [-0.15, -0.1) is 0 Å². The molecule has 1 heterocycles. The Morgan fingerprint density at radius 2 is 1.56 bits per heavy atom. The maximum atomic E-state index is 4.52. The number of hydrogen-bond acceptors (Lipinski definition) is 2. The van der Waals surface area contributed by atoms with Crippen LogP contribution in [-0.4, -0.2) is 9.97 Å². The minimum Gasteiger partial charge on any atom is -0.241 e. The Kier molecular flexibility index (Phi) is 3.30. The second kappa shape index (κ2) is 5.66. The minimum atomic E-state index is 0.409. The molecule has 122 valence electrons. The standard InChI is InChI=1S/C23H20N2/c1-15-13-22-17(14-21(15)23-24-11-4-12-25-23)8-10-19-18-6-3-2-5-16(18)7-9-20(19)22/h2-12,15,21H,13-14H2,1H3. The fourth-order valence-corrected chi connectivity index (χ4v) is 4.38. The molecule has 0 fully saturated rings. The molecule has 0 spiro atoms. The highest BCUT2D eigenvalue weighted by molar-refractivity contribution is 6.08. The molecule has 2 nitrogen and oxygen atoms in total. The lowest BCUT2D eigenvalue weighted by Gasteiger charge is -2.30. The molecular weight excluding hydrogens is 304 g/mol. The van der Waals surface area contributed by atoms with Crippen molar-refractivity contribution in [1.82, 2.24) is 9.97 Å². The average molecular weight is 324 g/mol. The Labute approximate surface area is 147 Å². The minimum absolute atomic E-state index is 0.409. The summed E-state index contributed by atoms with van der Waals surface area (Å²) in [5, 5.41) is 5.45. The first-order chi connectivity index (χ1) is 12.3. The number of hydrogen-bond donors (Lipinski definition) is 0. The first-order valence-electron chi connectivity index (χ1n) is 9.00. The number of fused-ring (bicyclic) bond motifs is 5. The number of rotatable bonds is 1. The zero-order chi connectivity index (χ0) is 16.8. The van der Waals surface area contributed by atoms with Crippen LogP contribution in [0.5, 0.6) is 0 Å². The van der Waals surface area contributed by atoms with Crippen LogP contribution in [0.4, 0.5) is 0 Å². The Hall–Kier alpha value is -2.74. The van der Waals surface area contributed by atoms with Gasteiger partial charge in [0.2, 0.25) is 0 Å². The van der Waals surface area contributed by atoms with Crippen LogP contribution in [-0.2, 0) is 12.8 Å². The van der Waals surface area contributed by atoms with Crippen molar-refractivity contribution in [2.75, 3.05) is 0 Å². The molecule has 0 radical (unpaired) electrons. The van der Waals surface area contributed by atoms with Gasteiger partial charge >= 0.3 is 0 Å². The van der Waals surface area contributed by atoms with E-state index in [-0.39, 0.29) is 0 Å². The molecule has 2 heteroatoms.